The van der Waals surface area contributed by atoms with Gasteiger partial charge in [-0.05, 0) is 25.5 Å². The number of hydrogen-bond acceptors (Lipinski definition) is 2. The number of aryl methyl sites for hydroxylation is 1. The molecule has 2 N–H and O–H groups in total. The normalized spacial score (nSPS) is 13.5. The summed E-state index contributed by atoms with van der Waals surface area (Å²) in [6, 6.07) is 4.49. The highest BCUT2D eigenvalue weighted by Crippen LogP contribution is 2.22. The third-order valence-electron chi connectivity index (χ3n) is 1.57. The van der Waals surface area contributed by atoms with Gasteiger partial charge in [0.15, 0.2) is 0 Å². The van der Waals surface area contributed by atoms with Crippen LogP contribution in [0.2, 0.25) is 0 Å². The SMILES string of the molecule is CC[C@@H](N)c1ccc(C)s1. The van der Waals surface area contributed by atoms with E-state index >= 15 is 0 Å². The average Bonchev–Trinajstić information content (AvgIpc) is 2.34. The van der Waals surface area contributed by atoms with Crippen LogP contribution in [0.3, 0.4) is 0 Å². The Bertz CT molecular complexity index is 205. The van der Waals surface area contributed by atoms with Crippen molar-refractivity contribution < 1.29 is 0 Å². The third kappa shape index (κ3) is 1.58. The maximum atomic E-state index is 5.82. The maximum absolute atomic E-state index is 5.82. The highest BCUT2D eigenvalue weighted by molar-refractivity contribution is 7.12. The van der Waals surface area contributed by atoms with Gasteiger partial charge in [-0.2, -0.15) is 0 Å². The lowest BCUT2D eigenvalue weighted by atomic mass is 10.2. The quantitative estimate of drug-likeness (QED) is 0.697. The van der Waals surface area contributed by atoms with E-state index in [0.717, 1.165) is 6.42 Å². The first kappa shape index (κ1) is 7.76. The van der Waals surface area contributed by atoms with E-state index < -0.39 is 0 Å². The van der Waals surface area contributed by atoms with Crippen molar-refractivity contribution in [2.24, 2.45) is 5.73 Å². The molecule has 1 rings (SSSR count). The molecule has 56 valence electrons. The van der Waals surface area contributed by atoms with Crippen LogP contribution in [0.4, 0.5) is 0 Å². The molecule has 0 spiro atoms. The summed E-state index contributed by atoms with van der Waals surface area (Å²) in [6.45, 7) is 4.22. The minimum Gasteiger partial charge on any atom is -0.323 e. The number of rotatable bonds is 2. The van der Waals surface area contributed by atoms with Crippen LogP contribution in [-0.2, 0) is 0 Å². The standard InChI is InChI=1S/C8H13NS/c1-3-7(9)8-5-4-6(2)10-8/h4-5,7H,3,9H2,1-2H3/t7-/m1/s1. The highest BCUT2D eigenvalue weighted by Gasteiger charge is 2.03. The van der Waals surface area contributed by atoms with Gasteiger partial charge >= 0.3 is 0 Å². The van der Waals surface area contributed by atoms with Crippen LogP contribution in [0, 0.1) is 6.92 Å². The Labute approximate surface area is 65.9 Å². The Morgan fingerprint density at radius 2 is 2.30 bits per heavy atom. The summed E-state index contributed by atoms with van der Waals surface area (Å²) in [5.41, 5.74) is 5.82. The summed E-state index contributed by atoms with van der Waals surface area (Å²) in [4.78, 5) is 2.65. The van der Waals surface area contributed by atoms with Crippen LogP contribution in [0.25, 0.3) is 0 Å². The molecule has 1 aromatic heterocycles. The molecule has 0 unspecified atom stereocenters. The molecule has 0 saturated heterocycles. The smallest absolute Gasteiger partial charge is 0.0387 e. The van der Waals surface area contributed by atoms with Gasteiger partial charge in [-0.15, -0.1) is 11.3 Å². The lowest BCUT2D eigenvalue weighted by molar-refractivity contribution is 0.712. The molecule has 1 heterocycles. The Morgan fingerprint density at radius 1 is 1.60 bits per heavy atom. The molecule has 1 nitrogen and oxygen atoms in total. The van der Waals surface area contributed by atoms with Crippen molar-refractivity contribution in [2.45, 2.75) is 26.3 Å². The molecular formula is C8H13NS. The van der Waals surface area contributed by atoms with Gasteiger partial charge in [-0.3, -0.25) is 0 Å². The zero-order valence-corrected chi connectivity index (χ0v) is 7.24. The second-order valence-electron chi connectivity index (χ2n) is 2.46. The lowest BCUT2D eigenvalue weighted by Gasteiger charge is -2.03. The van der Waals surface area contributed by atoms with E-state index in [4.69, 9.17) is 5.73 Å². The van der Waals surface area contributed by atoms with Crippen LogP contribution in [-0.4, -0.2) is 0 Å². The van der Waals surface area contributed by atoms with Crippen LogP contribution < -0.4 is 5.73 Å². The Hall–Kier alpha value is -0.340. The molecule has 1 aromatic rings. The molecule has 1 atom stereocenters. The van der Waals surface area contributed by atoms with E-state index in [0.29, 0.717) is 0 Å². The zero-order chi connectivity index (χ0) is 7.56. The molecule has 0 radical (unpaired) electrons. The summed E-state index contributed by atoms with van der Waals surface area (Å²) in [7, 11) is 0. The first-order chi connectivity index (χ1) is 4.74. The second-order valence-corrected chi connectivity index (χ2v) is 3.78. The topological polar surface area (TPSA) is 26.0 Å². The van der Waals surface area contributed by atoms with Gasteiger partial charge in [0.2, 0.25) is 0 Å². The third-order valence-corrected chi connectivity index (χ3v) is 2.70. The predicted molar refractivity (Wildman–Crippen MR) is 46.3 cm³/mol. The number of nitrogens with two attached hydrogens (primary N) is 1. The fraction of sp³-hybridized carbons (Fsp3) is 0.500. The van der Waals surface area contributed by atoms with Crippen molar-refractivity contribution in [3.8, 4) is 0 Å². The van der Waals surface area contributed by atoms with Crippen LogP contribution >= 0.6 is 11.3 Å². The molecule has 0 saturated carbocycles. The Balaban J connectivity index is 2.74. The molecule has 0 aromatic carbocycles. The summed E-state index contributed by atoms with van der Waals surface area (Å²) in [5.74, 6) is 0. The van der Waals surface area contributed by atoms with Crippen molar-refractivity contribution in [3.05, 3.63) is 21.9 Å². The zero-order valence-electron chi connectivity index (χ0n) is 6.42. The van der Waals surface area contributed by atoms with E-state index in [1.165, 1.54) is 9.75 Å². The molecule has 0 aliphatic rings. The fourth-order valence-corrected chi connectivity index (χ4v) is 1.82. The van der Waals surface area contributed by atoms with Crippen molar-refractivity contribution in [1.82, 2.24) is 0 Å². The van der Waals surface area contributed by atoms with Gasteiger partial charge in [0, 0.05) is 15.8 Å². The first-order valence-electron chi connectivity index (χ1n) is 3.56. The lowest BCUT2D eigenvalue weighted by Crippen LogP contribution is -2.05. The summed E-state index contributed by atoms with van der Waals surface area (Å²) in [5, 5.41) is 0. The molecule has 0 bridgehead atoms. The van der Waals surface area contributed by atoms with Gasteiger partial charge in [-0.1, -0.05) is 6.92 Å². The van der Waals surface area contributed by atoms with Gasteiger partial charge in [0.25, 0.3) is 0 Å². The molecule has 0 aliphatic heterocycles. The van der Waals surface area contributed by atoms with E-state index in [9.17, 15) is 0 Å². The number of hydrogen-bond donors (Lipinski definition) is 1. The van der Waals surface area contributed by atoms with E-state index in [2.05, 4.69) is 26.0 Å². The van der Waals surface area contributed by atoms with Crippen molar-refractivity contribution in [1.29, 1.82) is 0 Å². The van der Waals surface area contributed by atoms with Gasteiger partial charge in [-0.25, -0.2) is 0 Å². The molecule has 10 heavy (non-hydrogen) atoms. The largest absolute Gasteiger partial charge is 0.323 e. The van der Waals surface area contributed by atoms with E-state index in [1.54, 1.807) is 11.3 Å². The first-order valence-corrected chi connectivity index (χ1v) is 4.37. The molecular weight excluding hydrogens is 142 g/mol. The van der Waals surface area contributed by atoms with Crippen molar-refractivity contribution >= 4 is 11.3 Å². The minimum atomic E-state index is 0.249. The summed E-state index contributed by atoms with van der Waals surface area (Å²) < 4.78 is 0. The fourth-order valence-electron chi connectivity index (χ4n) is 0.854. The molecule has 0 amide bonds. The van der Waals surface area contributed by atoms with Crippen LogP contribution in [0.1, 0.15) is 29.1 Å². The number of thiophene rings is 1. The van der Waals surface area contributed by atoms with Crippen LogP contribution in [0.5, 0.6) is 0 Å². The van der Waals surface area contributed by atoms with Crippen LogP contribution in [0.15, 0.2) is 12.1 Å². The van der Waals surface area contributed by atoms with Gasteiger partial charge in [0.05, 0.1) is 0 Å². The monoisotopic (exact) mass is 155 g/mol. The summed E-state index contributed by atoms with van der Waals surface area (Å²) in [6.07, 6.45) is 1.03. The maximum Gasteiger partial charge on any atom is 0.0387 e. The van der Waals surface area contributed by atoms with Gasteiger partial charge < -0.3 is 5.73 Å². The van der Waals surface area contributed by atoms with E-state index in [-0.39, 0.29) is 6.04 Å². The molecule has 0 aliphatic carbocycles. The minimum absolute atomic E-state index is 0.249. The van der Waals surface area contributed by atoms with E-state index in [1.807, 2.05) is 0 Å². The highest BCUT2D eigenvalue weighted by atomic mass is 32.1. The van der Waals surface area contributed by atoms with Crippen molar-refractivity contribution in [3.63, 3.8) is 0 Å². The Kier molecular flexibility index (Phi) is 2.46. The van der Waals surface area contributed by atoms with Gasteiger partial charge in [0.1, 0.15) is 0 Å². The van der Waals surface area contributed by atoms with Crippen molar-refractivity contribution in [2.75, 3.05) is 0 Å². The molecule has 0 fully saturated rings. The Morgan fingerprint density at radius 3 is 2.70 bits per heavy atom. The average molecular weight is 155 g/mol. The summed E-state index contributed by atoms with van der Waals surface area (Å²) >= 11 is 1.80. The molecule has 2 heteroatoms. The predicted octanol–water partition coefficient (Wildman–Crippen LogP) is 2.47. The second kappa shape index (κ2) is 3.17.